The summed E-state index contributed by atoms with van der Waals surface area (Å²) in [6.07, 6.45) is 1.54. The number of hydrogen-bond donors (Lipinski definition) is 1. The Hall–Kier alpha value is -1.39. The smallest absolute Gasteiger partial charge is 0.223 e. The van der Waals surface area contributed by atoms with E-state index in [1.165, 1.54) is 5.56 Å². The summed E-state index contributed by atoms with van der Waals surface area (Å²) in [6, 6.07) is 10.6. The van der Waals surface area contributed by atoms with Crippen LogP contribution in [0.5, 0.6) is 0 Å². The van der Waals surface area contributed by atoms with Gasteiger partial charge in [0.15, 0.2) is 0 Å². The number of carbonyl (C=O) groups excluding carboxylic acids is 1. The highest BCUT2D eigenvalue weighted by Gasteiger charge is 2.29. The fraction of sp³-hybridized carbons (Fsp3) is 0.562. The molecule has 1 atom stereocenters. The third-order valence-electron chi connectivity index (χ3n) is 3.91. The van der Waals surface area contributed by atoms with Gasteiger partial charge < -0.3 is 15.1 Å². The van der Waals surface area contributed by atoms with E-state index in [0.717, 1.165) is 32.6 Å². The molecule has 0 aromatic heterocycles. The summed E-state index contributed by atoms with van der Waals surface area (Å²) in [5.41, 5.74) is 1.24. The molecule has 1 aromatic rings. The number of carbonyl (C=O) groups is 1. The van der Waals surface area contributed by atoms with Crippen LogP contribution in [-0.2, 0) is 4.79 Å². The average Bonchev–Trinajstić information content (AvgIpc) is 2.48. The van der Waals surface area contributed by atoms with E-state index in [1.54, 1.807) is 0 Å². The Bertz CT molecular complexity index is 421. The average molecular weight is 275 g/mol. The van der Waals surface area contributed by atoms with Crippen molar-refractivity contribution in [3.63, 3.8) is 0 Å². The van der Waals surface area contributed by atoms with Gasteiger partial charge in [0.2, 0.25) is 5.91 Å². The standard InChI is InChI=1S/C16H25N3O/c1-17-10-6-9-16(20)19-12-11-18(2)13-15(19)14-7-4-3-5-8-14/h3-5,7-8,15,17H,6,9-13H2,1-2H3. The lowest BCUT2D eigenvalue weighted by atomic mass is 10.0. The van der Waals surface area contributed by atoms with E-state index in [-0.39, 0.29) is 11.9 Å². The first-order valence-electron chi connectivity index (χ1n) is 7.40. The van der Waals surface area contributed by atoms with Crippen LogP contribution in [-0.4, -0.2) is 56.0 Å². The van der Waals surface area contributed by atoms with E-state index in [2.05, 4.69) is 34.3 Å². The van der Waals surface area contributed by atoms with Crippen molar-refractivity contribution < 1.29 is 4.79 Å². The molecule has 110 valence electrons. The van der Waals surface area contributed by atoms with Crippen LogP contribution >= 0.6 is 0 Å². The lowest BCUT2D eigenvalue weighted by Crippen LogP contribution is -2.49. The van der Waals surface area contributed by atoms with Gasteiger partial charge in [-0.1, -0.05) is 30.3 Å². The fourth-order valence-electron chi connectivity index (χ4n) is 2.74. The highest BCUT2D eigenvalue weighted by molar-refractivity contribution is 5.77. The van der Waals surface area contributed by atoms with Crippen LogP contribution in [0.15, 0.2) is 30.3 Å². The molecule has 0 bridgehead atoms. The van der Waals surface area contributed by atoms with E-state index in [0.29, 0.717) is 6.42 Å². The molecule has 0 spiro atoms. The number of piperazine rings is 1. The molecule has 1 saturated heterocycles. The minimum Gasteiger partial charge on any atom is -0.333 e. The van der Waals surface area contributed by atoms with Gasteiger partial charge in [-0.3, -0.25) is 4.79 Å². The number of amides is 1. The Labute approximate surface area is 121 Å². The molecule has 1 N–H and O–H groups in total. The van der Waals surface area contributed by atoms with Gasteiger partial charge >= 0.3 is 0 Å². The summed E-state index contributed by atoms with van der Waals surface area (Å²) >= 11 is 0. The van der Waals surface area contributed by atoms with E-state index < -0.39 is 0 Å². The Morgan fingerprint density at radius 3 is 2.75 bits per heavy atom. The molecule has 0 radical (unpaired) electrons. The van der Waals surface area contributed by atoms with E-state index in [9.17, 15) is 4.79 Å². The van der Waals surface area contributed by atoms with E-state index >= 15 is 0 Å². The van der Waals surface area contributed by atoms with Crippen LogP contribution < -0.4 is 5.32 Å². The number of benzene rings is 1. The first-order valence-corrected chi connectivity index (χ1v) is 7.40. The number of hydrogen-bond acceptors (Lipinski definition) is 3. The summed E-state index contributed by atoms with van der Waals surface area (Å²) in [5.74, 6) is 0.280. The minimum absolute atomic E-state index is 0.192. The largest absolute Gasteiger partial charge is 0.333 e. The molecule has 1 aliphatic rings. The molecule has 0 aliphatic carbocycles. The predicted octanol–water partition coefficient (Wildman–Crippen LogP) is 1.50. The van der Waals surface area contributed by atoms with Gasteiger partial charge in [-0.2, -0.15) is 0 Å². The lowest BCUT2D eigenvalue weighted by Gasteiger charge is -2.40. The minimum atomic E-state index is 0.192. The Kier molecular flexibility index (Phi) is 5.56. The molecular formula is C16H25N3O. The predicted molar refractivity (Wildman–Crippen MR) is 81.6 cm³/mol. The second kappa shape index (κ2) is 7.41. The Morgan fingerprint density at radius 1 is 1.30 bits per heavy atom. The zero-order valence-corrected chi connectivity index (χ0v) is 12.5. The van der Waals surface area contributed by atoms with Crippen LogP contribution in [0.25, 0.3) is 0 Å². The van der Waals surface area contributed by atoms with Crippen LogP contribution in [0, 0.1) is 0 Å². The van der Waals surface area contributed by atoms with Crippen molar-refractivity contribution in [2.75, 3.05) is 40.3 Å². The molecular weight excluding hydrogens is 250 g/mol. The zero-order valence-electron chi connectivity index (χ0n) is 12.5. The summed E-state index contributed by atoms with van der Waals surface area (Å²) in [7, 11) is 4.05. The zero-order chi connectivity index (χ0) is 14.4. The first-order chi connectivity index (χ1) is 9.72. The third kappa shape index (κ3) is 3.81. The highest BCUT2D eigenvalue weighted by Crippen LogP contribution is 2.25. The third-order valence-corrected chi connectivity index (χ3v) is 3.91. The molecule has 1 amide bonds. The maximum absolute atomic E-state index is 12.4. The highest BCUT2D eigenvalue weighted by atomic mass is 16.2. The molecule has 1 heterocycles. The molecule has 1 fully saturated rings. The van der Waals surface area contributed by atoms with Gasteiger partial charge in [0.25, 0.3) is 0 Å². The van der Waals surface area contributed by atoms with Gasteiger partial charge in [-0.25, -0.2) is 0 Å². The molecule has 4 nitrogen and oxygen atoms in total. The number of likely N-dealkylation sites (N-methyl/N-ethyl adjacent to an activating group) is 1. The monoisotopic (exact) mass is 275 g/mol. The van der Waals surface area contributed by atoms with Crippen LogP contribution in [0.1, 0.15) is 24.4 Å². The fourth-order valence-corrected chi connectivity index (χ4v) is 2.74. The van der Waals surface area contributed by atoms with Gasteiger partial charge in [-0.05, 0) is 32.6 Å². The van der Waals surface area contributed by atoms with Crippen LogP contribution in [0.2, 0.25) is 0 Å². The molecule has 20 heavy (non-hydrogen) atoms. The molecule has 4 heteroatoms. The summed E-state index contributed by atoms with van der Waals surface area (Å²) in [5, 5.41) is 3.10. The molecule has 2 rings (SSSR count). The molecule has 1 unspecified atom stereocenters. The molecule has 0 saturated carbocycles. The second-order valence-electron chi connectivity index (χ2n) is 5.48. The van der Waals surface area contributed by atoms with Gasteiger partial charge in [0.05, 0.1) is 6.04 Å². The normalized spacial score (nSPS) is 20.1. The maximum atomic E-state index is 12.4. The maximum Gasteiger partial charge on any atom is 0.223 e. The number of rotatable bonds is 5. The summed E-state index contributed by atoms with van der Waals surface area (Å²) in [6.45, 7) is 3.60. The van der Waals surface area contributed by atoms with Crippen LogP contribution in [0.3, 0.4) is 0 Å². The van der Waals surface area contributed by atoms with Crippen LogP contribution in [0.4, 0.5) is 0 Å². The van der Waals surface area contributed by atoms with Gasteiger partial charge in [0, 0.05) is 26.1 Å². The topological polar surface area (TPSA) is 35.6 Å². The summed E-state index contributed by atoms with van der Waals surface area (Å²) in [4.78, 5) is 16.8. The van der Waals surface area contributed by atoms with Crippen molar-refractivity contribution >= 4 is 5.91 Å². The van der Waals surface area contributed by atoms with Crippen molar-refractivity contribution in [3.05, 3.63) is 35.9 Å². The SMILES string of the molecule is CNCCCC(=O)N1CCN(C)CC1c1ccccc1. The number of nitrogens with one attached hydrogen (secondary N) is 1. The summed E-state index contributed by atoms with van der Waals surface area (Å²) < 4.78 is 0. The van der Waals surface area contributed by atoms with Crippen molar-refractivity contribution in [2.24, 2.45) is 0 Å². The van der Waals surface area contributed by atoms with Gasteiger partial charge in [0.1, 0.15) is 0 Å². The second-order valence-corrected chi connectivity index (χ2v) is 5.48. The lowest BCUT2D eigenvalue weighted by molar-refractivity contribution is -0.136. The van der Waals surface area contributed by atoms with E-state index in [4.69, 9.17) is 0 Å². The van der Waals surface area contributed by atoms with E-state index in [1.807, 2.05) is 25.2 Å². The van der Waals surface area contributed by atoms with Gasteiger partial charge in [-0.15, -0.1) is 0 Å². The Balaban J connectivity index is 2.06. The molecule has 1 aliphatic heterocycles. The van der Waals surface area contributed by atoms with Crippen molar-refractivity contribution in [1.29, 1.82) is 0 Å². The molecule has 1 aromatic carbocycles. The van der Waals surface area contributed by atoms with Crippen molar-refractivity contribution in [2.45, 2.75) is 18.9 Å². The van der Waals surface area contributed by atoms with Crippen molar-refractivity contribution in [3.8, 4) is 0 Å². The first kappa shape index (κ1) is 15.0. The number of nitrogens with zero attached hydrogens (tertiary/aromatic N) is 2. The van der Waals surface area contributed by atoms with Crippen molar-refractivity contribution in [1.82, 2.24) is 15.1 Å². The quantitative estimate of drug-likeness (QED) is 0.827. The Morgan fingerprint density at radius 2 is 2.05 bits per heavy atom.